The van der Waals surface area contributed by atoms with Gasteiger partial charge in [0, 0.05) is 0 Å². The van der Waals surface area contributed by atoms with E-state index in [0.29, 0.717) is 0 Å². The standard InChI is InChI=1S/C11H19FO5/c1-5-15-9(14)11(4,12)8(13)7-6-16-10(2,3)17-7/h7-8,13H,5-6H2,1-4H3/t7?,8-,11?/m1/s1. The highest BCUT2D eigenvalue weighted by Crippen LogP contribution is 2.30. The van der Waals surface area contributed by atoms with Gasteiger partial charge in [0.1, 0.15) is 12.2 Å². The molecule has 100 valence electrons. The minimum absolute atomic E-state index is 0.0348. The Morgan fingerprint density at radius 1 is 1.71 bits per heavy atom. The molecular weight excluding hydrogens is 231 g/mol. The zero-order chi connectivity index (χ0) is 13.3. The maximum atomic E-state index is 14.1. The van der Waals surface area contributed by atoms with Crippen LogP contribution in [0.15, 0.2) is 0 Å². The van der Waals surface area contributed by atoms with Crippen molar-refractivity contribution in [3.63, 3.8) is 0 Å². The summed E-state index contributed by atoms with van der Waals surface area (Å²) >= 11 is 0. The minimum atomic E-state index is -2.51. The van der Waals surface area contributed by atoms with E-state index in [-0.39, 0.29) is 13.2 Å². The zero-order valence-electron chi connectivity index (χ0n) is 10.5. The van der Waals surface area contributed by atoms with Crippen LogP contribution in [-0.4, -0.2) is 48.0 Å². The number of hydrogen-bond acceptors (Lipinski definition) is 5. The predicted octanol–water partition coefficient (Wildman–Crippen LogP) is 0.790. The molecule has 17 heavy (non-hydrogen) atoms. The monoisotopic (exact) mass is 250 g/mol. The van der Waals surface area contributed by atoms with Gasteiger partial charge in [-0.15, -0.1) is 0 Å². The number of aliphatic hydroxyl groups is 1. The van der Waals surface area contributed by atoms with E-state index in [2.05, 4.69) is 4.74 Å². The average molecular weight is 250 g/mol. The van der Waals surface area contributed by atoms with Crippen LogP contribution in [0.4, 0.5) is 4.39 Å². The lowest BCUT2D eigenvalue weighted by Crippen LogP contribution is -2.51. The summed E-state index contributed by atoms with van der Waals surface area (Å²) in [7, 11) is 0. The first-order chi connectivity index (χ1) is 7.70. The second kappa shape index (κ2) is 4.88. The number of hydrogen-bond donors (Lipinski definition) is 1. The smallest absolute Gasteiger partial charge is 0.346 e. The van der Waals surface area contributed by atoms with E-state index in [9.17, 15) is 14.3 Å². The average Bonchev–Trinajstić information content (AvgIpc) is 2.58. The van der Waals surface area contributed by atoms with Crippen molar-refractivity contribution in [1.82, 2.24) is 0 Å². The molecular formula is C11H19FO5. The van der Waals surface area contributed by atoms with Gasteiger partial charge in [0.2, 0.25) is 5.67 Å². The second-order valence-electron chi connectivity index (χ2n) is 4.61. The summed E-state index contributed by atoms with van der Waals surface area (Å²) in [6.07, 6.45) is -2.51. The maximum absolute atomic E-state index is 14.1. The fraction of sp³-hybridized carbons (Fsp3) is 0.909. The molecule has 0 aromatic heterocycles. The van der Waals surface area contributed by atoms with Crippen LogP contribution in [-0.2, 0) is 19.0 Å². The Hall–Kier alpha value is -0.720. The Bertz CT molecular complexity index is 290. The molecule has 0 saturated carbocycles. The van der Waals surface area contributed by atoms with E-state index in [1.807, 2.05) is 0 Å². The van der Waals surface area contributed by atoms with Gasteiger partial charge in [-0.25, -0.2) is 9.18 Å². The molecule has 5 nitrogen and oxygen atoms in total. The molecule has 0 aromatic carbocycles. The van der Waals surface area contributed by atoms with Crippen LogP contribution < -0.4 is 0 Å². The van der Waals surface area contributed by atoms with Crippen LogP contribution in [0.25, 0.3) is 0 Å². The van der Waals surface area contributed by atoms with Crippen molar-refractivity contribution in [3.8, 4) is 0 Å². The van der Waals surface area contributed by atoms with Gasteiger partial charge in [0.05, 0.1) is 13.2 Å². The molecule has 1 rings (SSSR count). The number of esters is 1. The highest BCUT2D eigenvalue weighted by atomic mass is 19.1. The number of aliphatic hydroxyl groups excluding tert-OH is 1. The number of ether oxygens (including phenoxy) is 3. The molecule has 1 fully saturated rings. The van der Waals surface area contributed by atoms with Gasteiger partial charge >= 0.3 is 5.97 Å². The largest absolute Gasteiger partial charge is 0.464 e. The second-order valence-corrected chi connectivity index (χ2v) is 4.61. The summed E-state index contributed by atoms with van der Waals surface area (Å²) in [5.41, 5.74) is -2.51. The van der Waals surface area contributed by atoms with Crippen molar-refractivity contribution >= 4 is 5.97 Å². The molecule has 1 heterocycles. The molecule has 0 radical (unpaired) electrons. The van der Waals surface area contributed by atoms with Crippen molar-refractivity contribution in [2.45, 2.75) is 51.4 Å². The van der Waals surface area contributed by atoms with Gasteiger partial charge in [-0.05, 0) is 27.7 Å². The molecule has 1 aliphatic heterocycles. The Morgan fingerprint density at radius 2 is 2.29 bits per heavy atom. The molecule has 2 unspecified atom stereocenters. The molecule has 0 amide bonds. The van der Waals surface area contributed by atoms with Crippen molar-refractivity contribution in [2.24, 2.45) is 0 Å². The Morgan fingerprint density at radius 3 is 2.71 bits per heavy atom. The summed E-state index contributed by atoms with van der Waals surface area (Å²) in [5, 5.41) is 9.83. The summed E-state index contributed by atoms with van der Waals surface area (Å²) in [4.78, 5) is 11.4. The topological polar surface area (TPSA) is 65.0 Å². The third-order valence-electron chi connectivity index (χ3n) is 2.61. The maximum Gasteiger partial charge on any atom is 0.346 e. The summed E-state index contributed by atoms with van der Waals surface area (Å²) in [6, 6.07) is 0. The van der Waals surface area contributed by atoms with E-state index < -0.39 is 29.6 Å². The van der Waals surface area contributed by atoms with Gasteiger partial charge in [-0.2, -0.15) is 0 Å². The van der Waals surface area contributed by atoms with Crippen LogP contribution in [0.2, 0.25) is 0 Å². The fourth-order valence-corrected chi connectivity index (χ4v) is 1.61. The molecule has 0 spiro atoms. The van der Waals surface area contributed by atoms with E-state index in [0.717, 1.165) is 6.92 Å². The Kier molecular flexibility index (Phi) is 4.11. The lowest BCUT2D eigenvalue weighted by Gasteiger charge is -2.28. The third-order valence-corrected chi connectivity index (χ3v) is 2.61. The lowest BCUT2D eigenvalue weighted by molar-refractivity contribution is -0.183. The van der Waals surface area contributed by atoms with E-state index in [4.69, 9.17) is 9.47 Å². The minimum Gasteiger partial charge on any atom is -0.464 e. The van der Waals surface area contributed by atoms with E-state index >= 15 is 0 Å². The van der Waals surface area contributed by atoms with Crippen molar-refractivity contribution in [3.05, 3.63) is 0 Å². The lowest BCUT2D eigenvalue weighted by atomic mass is 9.97. The van der Waals surface area contributed by atoms with Gasteiger partial charge < -0.3 is 19.3 Å². The summed E-state index contributed by atoms with van der Waals surface area (Å²) in [6.45, 7) is 5.94. The van der Waals surface area contributed by atoms with Gasteiger partial charge in [-0.1, -0.05) is 0 Å². The van der Waals surface area contributed by atoms with Gasteiger partial charge in [-0.3, -0.25) is 0 Å². The molecule has 0 aromatic rings. The number of carbonyl (C=O) groups excluding carboxylic acids is 1. The van der Waals surface area contributed by atoms with E-state index in [1.165, 1.54) is 0 Å². The van der Waals surface area contributed by atoms with Crippen LogP contribution in [0.5, 0.6) is 0 Å². The molecule has 3 atom stereocenters. The van der Waals surface area contributed by atoms with Gasteiger partial charge in [0.25, 0.3) is 0 Å². The third kappa shape index (κ3) is 3.14. The molecule has 0 aliphatic carbocycles. The quantitative estimate of drug-likeness (QED) is 0.747. The SMILES string of the molecule is CCOC(=O)C(C)(F)[C@H](O)C1COC(C)(C)O1. The molecule has 1 aliphatic rings. The Labute approximate surface area is 99.8 Å². The fourth-order valence-electron chi connectivity index (χ4n) is 1.61. The van der Waals surface area contributed by atoms with Crippen LogP contribution in [0, 0.1) is 0 Å². The first-order valence-corrected chi connectivity index (χ1v) is 5.56. The first-order valence-electron chi connectivity index (χ1n) is 5.56. The van der Waals surface area contributed by atoms with E-state index in [1.54, 1.807) is 20.8 Å². The van der Waals surface area contributed by atoms with Crippen LogP contribution in [0.1, 0.15) is 27.7 Å². The Balaban J connectivity index is 2.69. The van der Waals surface area contributed by atoms with Crippen molar-refractivity contribution in [2.75, 3.05) is 13.2 Å². The predicted molar refractivity (Wildman–Crippen MR) is 57.1 cm³/mol. The molecule has 1 saturated heterocycles. The van der Waals surface area contributed by atoms with Crippen LogP contribution in [0.3, 0.4) is 0 Å². The van der Waals surface area contributed by atoms with Crippen molar-refractivity contribution < 1.29 is 28.5 Å². The van der Waals surface area contributed by atoms with Crippen LogP contribution >= 0.6 is 0 Å². The normalized spacial score (nSPS) is 28.5. The highest BCUT2D eigenvalue weighted by Gasteiger charge is 2.50. The number of rotatable bonds is 4. The molecule has 6 heteroatoms. The van der Waals surface area contributed by atoms with Gasteiger partial charge in [0.15, 0.2) is 5.79 Å². The summed E-state index contributed by atoms with van der Waals surface area (Å²) in [5.74, 6) is -1.98. The number of halogens is 1. The summed E-state index contributed by atoms with van der Waals surface area (Å²) < 4.78 is 29.2. The number of carbonyl (C=O) groups is 1. The molecule has 0 bridgehead atoms. The number of alkyl halides is 1. The highest BCUT2D eigenvalue weighted by molar-refractivity contribution is 5.79. The van der Waals surface area contributed by atoms with Crippen molar-refractivity contribution in [1.29, 1.82) is 0 Å². The first kappa shape index (κ1) is 14.3. The molecule has 1 N–H and O–H groups in total. The zero-order valence-corrected chi connectivity index (χ0v) is 10.5.